The van der Waals surface area contributed by atoms with Gasteiger partial charge in [0.15, 0.2) is 0 Å². The van der Waals surface area contributed by atoms with Gasteiger partial charge in [-0.15, -0.1) is 0 Å². The number of nitrogens with zero attached hydrogens (tertiary/aromatic N) is 2. The highest BCUT2D eigenvalue weighted by molar-refractivity contribution is 6.07. The second-order valence-corrected chi connectivity index (χ2v) is 6.19. The minimum atomic E-state index is -0.0682. The maximum atomic E-state index is 13.0. The topological polar surface area (TPSA) is 45.2 Å². The van der Waals surface area contributed by atoms with Crippen LogP contribution in [-0.4, -0.2) is 34.9 Å². The van der Waals surface area contributed by atoms with E-state index in [9.17, 15) is 4.79 Å². The van der Waals surface area contributed by atoms with E-state index in [0.29, 0.717) is 0 Å². The fourth-order valence-corrected chi connectivity index (χ4v) is 3.11. The first kappa shape index (κ1) is 13.9. The number of fused-ring (bicyclic) bond motifs is 1. The highest BCUT2D eigenvalue weighted by Gasteiger charge is 2.36. The Morgan fingerprint density at radius 3 is 2.76 bits per heavy atom. The number of pyridine rings is 1. The van der Waals surface area contributed by atoms with Gasteiger partial charge in [-0.1, -0.05) is 18.2 Å². The maximum Gasteiger partial charge on any atom is 0.255 e. The fourth-order valence-electron chi connectivity index (χ4n) is 3.11. The predicted octanol–water partition coefficient (Wildman–Crippen LogP) is 3.29. The van der Waals surface area contributed by atoms with Gasteiger partial charge >= 0.3 is 0 Å². The molecule has 2 heterocycles. The Labute approximate surface area is 125 Å². The van der Waals surface area contributed by atoms with E-state index < -0.39 is 0 Å². The number of carbonyl (C=O) groups is 1. The Kier molecular flexibility index (Phi) is 3.32. The van der Waals surface area contributed by atoms with Crippen LogP contribution in [0.1, 0.15) is 37.0 Å². The number of benzene rings is 1. The average molecular weight is 283 g/mol. The van der Waals surface area contributed by atoms with Crippen LogP contribution in [0, 0.1) is 0 Å². The van der Waals surface area contributed by atoms with Crippen LogP contribution in [0.2, 0.25) is 0 Å². The first-order valence-electron chi connectivity index (χ1n) is 7.42. The quantitative estimate of drug-likeness (QED) is 0.920. The van der Waals surface area contributed by atoms with Gasteiger partial charge < -0.3 is 10.2 Å². The van der Waals surface area contributed by atoms with Crippen molar-refractivity contribution in [2.45, 2.75) is 32.2 Å². The third-order valence-electron chi connectivity index (χ3n) is 4.35. The second kappa shape index (κ2) is 5.02. The van der Waals surface area contributed by atoms with Crippen LogP contribution in [0.4, 0.5) is 5.82 Å². The van der Waals surface area contributed by atoms with E-state index in [1.807, 2.05) is 42.3 Å². The second-order valence-electron chi connectivity index (χ2n) is 6.19. The molecule has 4 nitrogen and oxygen atoms in total. The van der Waals surface area contributed by atoms with Gasteiger partial charge in [-0.05, 0) is 38.8 Å². The van der Waals surface area contributed by atoms with Crippen LogP contribution >= 0.6 is 0 Å². The number of hydrogen-bond donors (Lipinski definition) is 1. The highest BCUT2D eigenvalue weighted by Crippen LogP contribution is 2.31. The van der Waals surface area contributed by atoms with E-state index in [1.165, 1.54) is 0 Å². The maximum absolute atomic E-state index is 13.0. The van der Waals surface area contributed by atoms with Gasteiger partial charge in [0.2, 0.25) is 0 Å². The third kappa shape index (κ3) is 2.35. The standard InChI is InChI=1S/C17H21N3O/c1-17(2)9-6-10-20(17)16(21)13-11-15(18-3)19-14-8-5-4-7-12(13)14/h4-5,7-8,11H,6,9-10H2,1-3H3,(H,18,19). The van der Waals surface area contributed by atoms with Gasteiger partial charge in [0.05, 0.1) is 11.1 Å². The molecule has 1 aliphatic heterocycles. The van der Waals surface area contributed by atoms with Crippen molar-refractivity contribution < 1.29 is 4.79 Å². The molecule has 110 valence electrons. The summed E-state index contributed by atoms with van der Waals surface area (Å²) in [5, 5.41) is 3.96. The molecule has 0 saturated carbocycles. The molecule has 0 aliphatic carbocycles. The van der Waals surface area contributed by atoms with Crippen molar-refractivity contribution in [1.82, 2.24) is 9.88 Å². The molecule has 1 aliphatic rings. The molecular weight excluding hydrogens is 262 g/mol. The van der Waals surface area contributed by atoms with Crippen LogP contribution in [-0.2, 0) is 0 Å². The van der Waals surface area contributed by atoms with E-state index >= 15 is 0 Å². The number of hydrogen-bond acceptors (Lipinski definition) is 3. The molecule has 2 aromatic rings. The summed E-state index contributed by atoms with van der Waals surface area (Å²) in [7, 11) is 1.82. The Balaban J connectivity index is 2.13. The zero-order valence-corrected chi connectivity index (χ0v) is 12.8. The van der Waals surface area contributed by atoms with E-state index in [-0.39, 0.29) is 11.4 Å². The lowest BCUT2D eigenvalue weighted by Gasteiger charge is -2.32. The summed E-state index contributed by atoms with van der Waals surface area (Å²) in [6.07, 6.45) is 2.13. The van der Waals surface area contributed by atoms with Crippen molar-refractivity contribution in [2.24, 2.45) is 0 Å². The normalized spacial score (nSPS) is 17.2. The number of likely N-dealkylation sites (tertiary alicyclic amines) is 1. The lowest BCUT2D eigenvalue weighted by atomic mass is 10.0. The van der Waals surface area contributed by atoms with Gasteiger partial charge in [0.25, 0.3) is 5.91 Å². The van der Waals surface area contributed by atoms with Crippen molar-refractivity contribution in [2.75, 3.05) is 18.9 Å². The first-order valence-corrected chi connectivity index (χ1v) is 7.42. The molecule has 1 aromatic carbocycles. The molecule has 1 aromatic heterocycles. The zero-order valence-electron chi connectivity index (χ0n) is 12.8. The predicted molar refractivity (Wildman–Crippen MR) is 85.6 cm³/mol. The van der Waals surface area contributed by atoms with Crippen LogP contribution in [0.15, 0.2) is 30.3 Å². The van der Waals surface area contributed by atoms with Crippen molar-refractivity contribution in [3.63, 3.8) is 0 Å². The lowest BCUT2D eigenvalue weighted by molar-refractivity contribution is 0.0654. The molecule has 4 heteroatoms. The number of anilines is 1. The van der Waals surface area contributed by atoms with Gasteiger partial charge in [0.1, 0.15) is 5.82 Å². The summed E-state index contributed by atoms with van der Waals surface area (Å²) in [5.41, 5.74) is 1.52. The number of nitrogens with one attached hydrogen (secondary N) is 1. The number of rotatable bonds is 2. The third-order valence-corrected chi connectivity index (χ3v) is 4.35. The molecule has 21 heavy (non-hydrogen) atoms. The van der Waals surface area contributed by atoms with Crippen LogP contribution in [0.5, 0.6) is 0 Å². The molecule has 0 bridgehead atoms. The number of aromatic nitrogens is 1. The van der Waals surface area contributed by atoms with Gasteiger partial charge in [-0.3, -0.25) is 4.79 Å². The van der Waals surface area contributed by atoms with Crippen LogP contribution in [0.25, 0.3) is 10.9 Å². The molecule has 3 rings (SSSR count). The summed E-state index contributed by atoms with van der Waals surface area (Å²) >= 11 is 0. The van der Waals surface area contributed by atoms with Crippen molar-refractivity contribution in [3.8, 4) is 0 Å². The molecule has 0 radical (unpaired) electrons. The van der Waals surface area contributed by atoms with E-state index in [4.69, 9.17) is 0 Å². The van der Waals surface area contributed by atoms with Crippen molar-refractivity contribution in [3.05, 3.63) is 35.9 Å². The summed E-state index contributed by atoms with van der Waals surface area (Å²) in [6, 6.07) is 9.68. The number of para-hydroxylation sites is 1. The molecule has 0 unspecified atom stereocenters. The van der Waals surface area contributed by atoms with E-state index in [2.05, 4.69) is 24.1 Å². The Morgan fingerprint density at radius 1 is 1.33 bits per heavy atom. The van der Waals surface area contributed by atoms with Gasteiger partial charge in [-0.25, -0.2) is 4.98 Å². The van der Waals surface area contributed by atoms with Crippen LogP contribution in [0.3, 0.4) is 0 Å². The highest BCUT2D eigenvalue weighted by atomic mass is 16.2. The first-order chi connectivity index (χ1) is 10.0. The summed E-state index contributed by atoms with van der Waals surface area (Å²) in [4.78, 5) is 19.5. The largest absolute Gasteiger partial charge is 0.373 e. The minimum absolute atomic E-state index is 0.0682. The van der Waals surface area contributed by atoms with Crippen LogP contribution < -0.4 is 5.32 Å². The summed E-state index contributed by atoms with van der Waals surface area (Å²) < 4.78 is 0. The molecule has 1 amide bonds. The SMILES string of the molecule is CNc1cc(C(=O)N2CCCC2(C)C)c2ccccc2n1. The Hall–Kier alpha value is -2.10. The molecule has 1 N–H and O–H groups in total. The Bertz CT molecular complexity index is 693. The van der Waals surface area contributed by atoms with E-state index in [1.54, 1.807) is 0 Å². The number of amides is 1. The molecule has 1 fully saturated rings. The molecule has 0 atom stereocenters. The number of carbonyl (C=O) groups excluding carboxylic acids is 1. The molecule has 1 saturated heterocycles. The fraction of sp³-hybridized carbons (Fsp3) is 0.412. The summed E-state index contributed by atoms with van der Waals surface area (Å²) in [6.45, 7) is 5.11. The average Bonchev–Trinajstić information content (AvgIpc) is 2.84. The van der Waals surface area contributed by atoms with E-state index in [0.717, 1.165) is 41.7 Å². The van der Waals surface area contributed by atoms with Gasteiger partial charge in [0, 0.05) is 24.5 Å². The Morgan fingerprint density at radius 2 is 2.10 bits per heavy atom. The van der Waals surface area contributed by atoms with Crippen molar-refractivity contribution in [1.29, 1.82) is 0 Å². The monoisotopic (exact) mass is 283 g/mol. The molecular formula is C17H21N3O. The minimum Gasteiger partial charge on any atom is -0.373 e. The smallest absolute Gasteiger partial charge is 0.255 e. The van der Waals surface area contributed by atoms with Gasteiger partial charge in [-0.2, -0.15) is 0 Å². The molecule has 0 spiro atoms. The summed E-state index contributed by atoms with van der Waals surface area (Å²) in [5.74, 6) is 0.835. The zero-order chi connectivity index (χ0) is 15.0. The lowest BCUT2D eigenvalue weighted by Crippen LogP contribution is -2.42. The van der Waals surface area contributed by atoms with Crippen molar-refractivity contribution >= 4 is 22.6 Å².